The van der Waals surface area contributed by atoms with Gasteiger partial charge in [-0.1, -0.05) is 48.5 Å². The van der Waals surface area contributed by atoms with Crippen molar-refractivity contribution in [2.45, 2.75) is 17.9 Å². The average molecular weight is 302 g/mol. The van der Waals surface area contributed by atoms with Crippen molar-refractivity contribution in [2.24, 2.45) is 0 Å². The van der Waals surface area contributed by atoms with Crippen LogP contribution in [-0.2, 0) is 11.2 Å². The summed E-state index contributed by atoms with van der Waals surface area (Å²) >= 11 is 6.29. The first kappa shape index (κ1) is 14.0. The maximum absolute atomic E-state index is 12.2. The number of rotatable bonds is 4. The number of carbonyl (C=O) groups excluding carboxylic acids is 1. The van der Waals surface area contributed by atoms with Gasteiger partial charge in [-0.2, -0.15) is 0 Å². The molecule has 2 unspecified atom stereocenters. The third-order valence-electron chi connectivity index (χ3n) is 3.56. The van der Waals surface area contributed by atoms with Gasteiger partial charge in [-0.25, -0.2) is 0 Å². The van der Waals surface area contributed by atoms with Gasteiger partial charge in [0.1, 0.15) is 5.75 Å². The van der Waals surface area contributed by atoms with E-state index in [1.165, 1.54) is 0 Å². The molecule has 2 atom stereocenters. The molecule has 0 radical (unpaired) electrons. The fourth-order valence-electron chi connectivity index (χ4n) is 2.41. The van der Waals surface area contributed by atoms with Gasteiger partial charge in [-0.05, 0) is 17.2 Å². The summed E-state index contributed by atoms with van der Waals surface area (Å²) < 4.78 is 5.65. The third-order valence-corrected chi connectivity index (χ3v) is 3.96. The van der Waals surface area contributed by atoms with E-state index >= 15 is 0 Å². The summed E-state index contributed by atoms with van der Waals surface area (Å²) in [7, 11) is 0. The van der Waals surface area contributed by atoms with Crippen LogP contribution in [0.2, 0.25) is 0 Å². The Labute approximate surface area is 128 Å². The van der Waals surface area contributed by atoms with Gasteiger partial charge in [0.05, 0.1) is 5.38 Å². The lowest BCUT2D eigenvalue weighted by Crippen LogP contribution is -2.38. The van der Waals surface area contributed by atoms with Crippen molar-refractivity contribution in [1.82, 2.24) is 5.32 Å². The number of amides is 1. The quantitative estimate of drug-likeness (QED) is 0.881. The lowest BCUT2D eigenvalue weighted by atomic mass is 10.1. The third kappa shape index (κ3) is 3.19. The van der Waals surface area contributed by atoms with E-state index in [9.17, 15) is 4.79 Å². The summed E-state index contributed by atoms with van der Waals surface area (Å²) in [5.74, 6) is 0.677. The van der Waals surface area contributed by atoms with Crippen LogP contribution in [0.3, 0.4) is 0 Å². The second kappa shape index (κ2) is 6.19. The topological polar surface area (TPSA) is 38.3 Å². The molecule has 1 heterocycles. The molecule has 0 aliphatic carbocycles. The number of halogens is 1. The molecule has 3 rings (SSSR count). The summed E-state index contributed by atoms with van der Waals surface area (Å²) in [4.78, 5) is 12.2. The number of nitrogens with one attached hydrogen (secondary N) is 1. The van der Waals surface area contributed by atoms with E-state index in [0.29, 0.717) is 13.0 Å². The number of alkyl halides is 1. The smallest absolute Gasteiger partial charge is 0.261 e. The minimum absolute atomic E-state index is 0.118. The average Bonchev–Trinajstić information content (AvgIpc) is 2.97. The molecule has 1 amide bonds. The van der Waals surface area contributed by atoms with Crippen molar-refractivity contribution in [3.8, 4) is 5.75 Å². The Morgan fingerprint density at radius 3 is 2.67 bits per heavy atom. The van der Waals surface area contributed by atoms with Crippen LogP contribution in [0.15, 0.2) is 54.6 Å². The lowest BCUT2D eigenvalue weighted by Gasteiger charge is -2.14. The summed E-state index contributed by atoms with van der Waals surface area (Å²) in [6, 6.07) is 17.4. The van der Waals surface area contributed by atoms with Crippen molar-refractivity contribution < 1.29 is 9.53 Å². The molecule has 1 aliphatic heterocycles. The van der Waals surface area contributed by atoms with Gasteiger partial charge >= 0.3 is 0 Å². The van der Waals surface area contributed by atoms with Crippen molar-refractivity contribution in [2.75, 3.05) is 6.54 Å². The van der Waals surface area contributed by atoms with Crippen molar-refractivity contribution in [3.63, 3.8) is 0 Å². The molecule has 21 heavy (non-hydrogen) atoms. The van der Waals surface area contributed by atoms with Crippen LogP contribution in [0.5, 0.6) is 5.75 Å². The van der Waals surface area contributed by atoms with E-state index in [2.05, 4.69) is 5.32 Å². The number of benzene rings is 2. The van der Waals surface area contributed by atoms with Crippen LogP contribution >= 0.6 is 11.6 Å². The molecule has 1 N–H and O–H groups in total. The first-order chi connectivity index (χ1) is 10.2. The molecule has 0 saturated heterocycles. The Hall–Kier alpha value is -2.00. The summed E-state index contributed by atoms with van der Waals surface area (Å²) in [6.45, 7) is 0.389. The number of hydrogen-bond acceptors (Lipinski definition) is 2. The van der Waals surface area contributed by atoms with Crippen LogP contribution in [0.1, 0.15) is 16.5 Å². The molecular formula is C17H16ClNO2. The van der Waals surface area contributed by atoms with Gasteiger partial charge in [0, 0.05) is 13.0 Å². The summed E-state index contributed by atoms with van der Waals surface area (Å²) in [5, 5.41) is 2.62. The monoisotopic (exact) mass is 301 g/mol. The van der Waals surface area contributed by atoms with Gasteiger partial charge in [-0.3, -0.25) is 4.79 Å². The SMILES string of the molecule is O=C(NCC(Cl)c1ccccc1)C1Cc2ccccc2O1. The molecule has 2 aromatic rings. The molecule has 2 aromatic carbocycles. The molecule has 0 fully saturated rings. The van der Waals surface area contributed by atoms with Gasteiger partial charge in [-0.15, -0.1) is 11.6 Å². The zero-order chi connectivity index (χ0) is 14.7. The summed E-state index contributed by atoms with van der Waals surface area (Å²) in [5.41, 5.74) is 2.07. The Bertz CT molecular complexity index is 605. The highest BCUT2D eigenvalue weighted by molar-refractivity contribution is 6.21. The fraction of sp³-hybridized carbons (Fsp3) is 0.235. The van der Waals surface area contributed by atoms with Crippen LogP contribution in [0.25, 0.3) is 0 Å². The number of ether oxygens (including phenoxy) is 1. The zero-order valence-corrected chi connectivity index (χ0v) is 12.2. The molecule has 3 nitrogen and oxygen atoms in total. The van der Waals surface area contributed by atoms with Crippen molar-refractivity contribution in [1.29, 1.82) is 0 Å². The molecule has 0 saturated carbocycles. The van der Waals surface area contributed by atoms with Gasteiger partial charge in [0.25, 0.3) is 5.91 Å². The number of fused-ring (bicyclic) bond motifs is 1. The minimum Gasteiger partial charge on any atom is -0.480 e. The Morgan fingerprint density at radius 1 is 1.19 bits per heavy atom. The van der Waals surface area contributed by atoms with E-state index in [4.69, 9.17) is 16.3 Å². The first-order valence-corrected chi connectivity index (χ1v) is 7.39. The Morgan fingerprint density at radius 2 is 1.90 bits per heavy atom. The predicted octanol–water partition coefficient (Wildman–Crippen LogP) is 3.09. The number of para-hydroxylation sites is 1. The Balaban J connectivity index is 1.54. The van der Waals surface area contributed by atoms with Gasteiger partial charge in [0.2, 0.25) is 0 Å². The second-order valence-corrected chi connectivity index (χ2v) is 5.57. The van der Waals surface area contributed by atoms with Crippen molar-refractivity contribution in [3.05, 3.63) is 65.7 Å². The van der Waals surface area contributed by atoms with Gasteiger partial charge in [0.15, 0.2) is 6.10 Å². The number of carbonyl (C=O) groups is 1. The normalized spacial score (nSPS) is 17.7. The highest BCUT2D eigenvalue weighted by Gasteiger charge is 2.28. The van der Waals surface area contributed by atoms with E-state index in [0.717, 1.165) is 16.9 Å². The van der Waals surface area contributed by atoms with Crippen LogP contribution in [0, 0.1) is 0 Å². The van der Waals surface area contributed by atoms with Crippen LogP contribution in [-0.4, -0.2) is 18.6 Å². The van der Waals surface area contributed by atoms with Crippen LogP contribution in [0.4, 0.5) is 0 Å². The largest absolute Gasteiger partial charge is 0.480 e. The zero-order valence-electron chi connectivity index (χ0n) is 11.5. The van der Waals surface area contributed by atoms with E-state index in [1.807, 2.05) is 54.6 Å². The molecule has 0 aromatic heterocycles. The van der Waals surface area contributed by atoms with E-state index in [1.54, 1.807) is 0 Å². The highest BCUT2D eigenvalue weighted by Crippen LogP contribution is 2.28. The maximum atomic E-state index is 12.2. The number of hydrogen-bond donors (Lipinski definition) is 1. The molecule has 108 valence electrons. The minimum atomic E-state index is -0.456. The second-order valence-electron chi connectivity index (χ2n) is 5.04. The lowest BCUT2D eigenvalue weighted by molar-refractivity contribution is -0.127. The molecule has 1 aliphatic rings. The summed E-state index contributed by atoms with van der Waals surface area (Å²) in [6.07, 6.45) is 0.155. The fourth-order valence-corrected chi connectivity index (χ4v) is 2.63. The van der Waals surface area contributed by atoms with Gasteiger partial charge < -0.3 is 10.1 Å². The van der Waals surface area contributed by atoms with E-state index < -0.39 is 6.10 Å². The molecular weight excluding hydrogens is 286 g/mol. The maximum Gasteiger partial charge on any atom is 0.261 e. The highest BCUT2D eigenvalue weighted by atomic mass is 35.5. The van der Waals surface area contributed by atoms with E-state index in [-0.39, 0.29) is 11.3 Å². The Kier molecular flexibility index (Phi) is 4.11. The van der Waals surface area contributed by atoms with Crippen molar-refractivity contribution >= 4 is 17.5 Å². The molecule has 0 spiro atoms. The molecule has 0 bridgehead atoms. The predicted molar refractivity (Wildman–Crippen MR) is 82.6 cm³/mol. The van der Waals surface area contributed by atoms with Crippen LogP contribution < -0.4 is 10.1 Å². The molecule has 4 heteroatoms. The first-order valence-electron chi connectivity index (χ1n) is 6.95. The standard InChI is InChI=1S/C17H16ClNO2/c18-14(12-6-2-1-3-7-12)11-19-17(20)16-10-13-8-4-5-9-15(13)21-16/h1-9,14,16H,10-11H2,(H,19,20).